The third-order valence-corrected chi connectivity index (χ3v) is 5.45. The minimum Gasteiger partial charge on any atom is -0.351 e. The van der Waals surface area contributed by atoms with Gasteiger partial charge in [0.2, 0.25) is 11.7 Å². The van der Waals surface area contributed by atoms with Gasteiger partial charge in [-0.3, -0.25) is 9.59 Å². The molecule has 0 aliphatic carbocycles. The summed E-state index contributed by atoms with van der Waals surface area (Å²) < 4.78 is 5.02. The first-order chi connectivity index (χ1) is 12.6. The molecule has 7 heteroatoms. The number of fused-ring (bicyclic) bond motifs is 1. The van der Waals surface area contributed by atoms with Gasteiger partial charge < -0.3 is 20.1 Å². The zero-order chi connectivity index (χ0) is 18.1. The maximum atomic E-state index is 12.7. The van der Waals surface area contributed by atoms with E-state index in [4.69, 9.17) is 4.52 Å². The summed E-state index contributed by atoms with van der Waals surface area (Å²) in [6, 6.07) is 12.0. The summed E-state index contributed by atoms with van der Waals surface area (Å²) in [6.07, 6.45) is 2.26. The second-order valence-electron chi connectivity index (χ2n) is 7.11. The van der Waals surface area contributed by atoms with Crippen LogP contribution in [0, 0.1) is 5.92 Å². The summed E-state index contributed by atoms with van der Waals surface area (Å²) in [6.45, 7) is 3.22. The molecule has 2 N–H and O–H groups in total. The molecule has 0 bridgehead atoms. The van der Waals surface area contributed by atoms with Gasteiger partial charge in [0.15, 0.2) is 0 Å². The number of carbonyl (C=O) groups is 2. The minimum absolute atomic E-state index is 0.0838. The van der Waals surface area contributed by atoms with Gasteiger partial charge in [0.1, 0.15) is 0 Å². The van der Waals surface area contributed by atoms with Gasteiger partial charge in [-0.2, -0.15) is 0 Å². The molecule has 0 unspecified atom stereocenters. The van der Waals surface area contributed by atoms with Crippen LogP contribution in [0.15, 0.2) is 47.1 Å². The van der Waals surface area contributed by atoms with E-state index in [1.807, 2.05) is 18.2 Å². The first-order valence-electron chi connectivity index (χ1n) is 8.86. The molecule has 0 radical (unpaired) electrons. The first-order valence-corrected chi connectivity index (χ1v) is 8.86. The predicted octanol–water partition coefficient (Wildman–Crippen LogP) is 1.36. The third-order valence-electron chi connectivity index (χ3n) is 5.45. The molecule has 2 fully saturated rings. The number of aromatic nitrogens is 1. The first kappa shape index (κ1) is 16.8. The number of amides is 2. The van der Waals surface area contributed by atoms with Gasteiger partial charge >= 0.3 is 0 Å². The van der Waals surface area contributed by atoms with Gasteiger partial charge in [-0.15, -0.1) is 0 Å². The molecule has 2 aromatic rings. The van der Waals surface area contributed by atoms with E-state index in [0.717, 1.165) is 6.42 Å². The van der Waals surface area contributed by atoms with Crippen molar-refractivity contribution in [3.05, 3.63) is 53.9 Å². The highest BCUT2D eigenvalue weighted by Gasteiger charge is 2.53. The van der Waals surface area contributed by atoms with E-state index in [1.54, 1.807) is 11.0 Å². The van der Waals surface area contributed by atoms with Gasteiger partial charge in [0, 0.05) is 44.6 Å². The van der Waals surface area contributed by atoms with Crippen LogP contribution in [-0.4, -0.2) is 47.0 Å². The van der Waals surface area contributed by atoms with Crippen LogP contribution in [0.1, 0.15) is 35.5 Å². The van der Waals surface area contributed by atoms with Crippen molar-refractivity contribution in [2.45, 2.75) is 24.9 Å². The van der Waals surface area contributed by atoms with Crippen molar-refractivity contribution in [1.82, 2.24) is 20.7 Å². The largest absolute Gasteiger partial charge is 0.351 e. The molecule has 2 saturated heterocycles. The highest BCUT2D eigenvalue weighted by atomic mass is 16.5. The van der Waals surface area contributed by atoms with E-state index >= 15 is 0 Å². The maximum absolute atomic E-state index is 12.7. The van der Waals surface area contributed by atoms with E-state index in [0.29, 0.717) is 19.6 Å². The lowest BCUT2D eigenvalue weighted by Gasteiger charge is -2.45. The molecule has 3 atom stereocenters. The average Bonchev–Trinajstić information content (AvgIpc) is 3.29. The molecule has 0 spiro atoms. The fourth-order valence-electron chi connectivity index (χ4n) is 4.41. The van der Waals surface area contributed by atoms with E-state index in [-0.39, 0.29) is 29.5 Å². The van der Waals surface area contributed by atoms with Crippen LogP contribution in [0.5, 0.6) is 0 Å². The number of piperidine rings is 1. The summed E-state index contributed by atoms with van der Waals surface area (Å²) in [5.41, 5.74) is 0.722. The van der Waals surface area contributed by atoms with Crippen LogP contribution in [-0.2, 0) is 4.79 Å². The number of likely N-dealkylation sites (tertiary alicyclic amines) is 1. The molecular weight excluding hydrogens is 332 g/mol. The van der Waals surface area contributed by atoms with Crippen molar-refractivity contribution in [3.8, 4) is 0 Å². The molecule has 0 saturated carbocycles. The molecule has 2 aliphatic rings. The Bertz CT molecular complexity index is 792. The van der Waals surface area contributed by atoms with Crippen molar-refractivity contribution in [1.29, 1.82) is 0 Å². The van der Waals surface area contributed by atoms with Crippen molar-refractivity contribution < 1.29 is 14.1 Å². The SMILES string of the molecule is CC(=O)N[C@]12CN[C@H](c3ccccc3)[C@H]1CCN(C(=O)c1ccno1)C2. The molecule has 26 heavy (non-hydrogen) atoms. The Balaban J connectivity index is 1.61. The molecule has 136 valence electrons. The Labute approximate surface area is 151 Å². The van der Waals surface area contributed by atoms with Crippen LogP contribution in [0.3, 0.4) is 0 Å². The highest BCUT2D eigenvalue weighted by Crippen LogP contribution is 2.42. The second kappa shape index (κ2) is 6.57. The lowest BCUT2D eigenvalue weighted by Crippen LogP contribution is -2.64. The predicted molar refractivity (Wildman–Crippen MR) is 94.2 cm³/mol. The van der Waals surface area contributed by atoms with Crippen LogP contribution in [0.2, 0.25) is 0 Å². The Morgan fingerprint density at radius 1 is 1.31 bits per heavy atom. The molecule has 7 nitrogen and oxygen atoms in total. The summed E-state index contributed by atoms with van der Waals surface area (Å²) in [5.74, 6) is 0.174. The zero-order valence-corrected chi connectivity index (χ0v) is 14.6. The van der Waals surface area contributed by atoms with Gasteiger partial charge in [-0.05, 0) is 12.0 Å². The Kier molecular flexibility index (Phi) is 4.24. The molecule has 2 amide bonds. The number of benzene rings is 1. The highest BCUT2D eigenvalue weighted by molar-refractivity contribution is 5.91. The zero-order valence-electron chi connectivity index (χ0n) is 14.6. The van der Waals surface area contributed by atoms with E-state index in [2.05, 4.69) is 27.9 Å². The van der Waals surface area contributed by atoms with E-state index in [1.165, 1.54) is 18.7 Å². The van der Waals surface area contributed by atoms with Crippen molar-refractivity contribution in [3.63, 3.8) is 0 Å². The fraction of sp³-hybridized carbons (Fsp3) is 0.421. The van der Waals surface area contributed by atoms with E-state index in [9.17, 15) is 9.59 Å². The Hall–Kier alpha value is -2.67. The van der Waals surface area contributed by atoms with Crippen molar-refractivity contribution in [2.75, 3.05) is 19.6 Å². The third kappa shape index (κ3) is 2.88. The number of carbonyl (C=O) groups excluding carboxylic acids is 2. The van der Waals surface area contributed by atoms with Crippen molar-refractivity contribution >= 4 is 11.8 Å². The van der Waals surface area contributed by atoms with Crippen molar-refractivity contribution in [2.24, 2.45) is 5.92 Å². The van der Waals surface area contributed by atoms with Gasteiger partial charge in [-0.25, -0.2) is 0 Å². The van der Waals surface area contributed by atoms with Gasteiger partial charge in [0.05, 0.1) is 11.7 Å². The average molecular weight is 354 g/mol. The Morgan fingerprint density at radius 3 is 2.81 bits per heavy atom. The lowest BCUT2D eigenvalue weighted by atomic mass is 9.75. The molecule has 2 aliphatic heterocycles. The quantitative estimate of drug-likeness (QED) is 0.869. The minimum atomic E-state index is -0.486. The lowest BCUT2D eigenvalue weighted by molar-refractivity contribution is -0.122. The summed E-state index contributed by atoms with van der Waals surface area (Å²) in [5, 5.41) is 10.3. The molecular formula is C19H22N4O3. The molecule has 4 rings (SSSR count). The van der Waals surface area contributed by atoms with Gasteiger partial charge in [-0.1, -0.05) is 35.5 Å². The topological polar surface area (TPSA) is 87.5 Å². The number of rotatable bonds is 3. The maximum Gasteiger partial charge on any atom is 0.292 e. The van der Waals surface area contributed by atoms with Crippen LogP contribution in [0.4, 0.5) is 0 Å². The smallest absolute Gasteiger partial charge is 0.292 e. The van der Waals surface area contributed by atoms with Crippen LogP contribution >= 0.6 is 0 Å². The number of nitrogens with zero attached hydrogens (tertiary/aromatic N) is 2. The standard InChI is InChI=1S/C19H22N4O3/c1-13(24)22-19-11-20-17(14-5-3-2-4-6-14)15(19)8-10-23(12-19)18(25)16-7-9-21-26-16/h2-7,9,15,17,20H,8,10-12H2,1H3,(H,22,24)/t15-,17-,19+/m1/s1. The van der Waals surface area contributed by atoms with Crippen LogP contribution < -0.4 is 10.6 Å². The molecule has 1 aromatic heterocycles. The molecule has 3 heterocycles. The van der Waals surface area contributed by atoms with E-state index < -0.39 is 5.54 Å². The van der Waals surface area contributed by atoms with Crippen LogP contribution in [0.25, 0.3) is 0 Å². The fourth-order valence-corrected chi connectivity index (χ4v) is 4.41. The molecule has 1 aromatic carbocycles. The summed E-state index contributed by atoms with van der Waals surface area (Å²) in [4.78, 5) is 26.4. The normalized spacial score (nSPS) is 27.8. The van der Waals surface area contributed by atoms with Gasteiger partial charge in [0.25, 0.3) is 5.91 Å². The monoisotopic (exact) mass is 354 g/mol. The number of hydrogen-bond acceptors (Lipinski definition) is 5. The Morgan fingerprint density at radius 2 is 2.12 bits per heavy atom. The number of nitrogens with one attached hydrogen (secondary N) is 2. The number of hydrogen-bond donors (Lipinski definition) is 2. The second-order valence-corrected chi connectivity index (χ2v) is 7.11. The summed E-state index contributed by atoms with van der Waals surface area (Å²) in [7, 11) is 0. The summed E-state index contributed by atoms with van der Waals surface area (Å²) >= 11 is 0.